The third-order valence-corrected chi connectivity index (χ3v) is 6.58. The molecule has 0 aliphatic rings. The molecule has 0 bridgehead atoms. The molecule has 1 aromatic carbocycles. The Balaban J connectivity index is 3.14. The van der Waals surface area contributed by atoms with Crippen molar-refractivity contribution in [3.63, 3.8) is 0 Å². The first kappa shape index (κ1) is 14.0. The van der Waals surface area contributed by atoms with Gasteiger partial charge >= 0.3 is 7.60 Å². The normalized spacial score (nSPS) is 12.0. The highest BCUT2D eigenvalue weighted by molar-refractivity contribution is 14.1. The first-order valence-electron chi connectivity index (χ1n) is 4.55. The first-order chi connectivity index (χ1) is 7.05. The summed E-state index contributed by atoms with van der Waals surface area (Å²) in [5.41, 5.74) is 0. The summed E-state index contributed by atoms with van der Waals surface area (Å²) >= 11 is 4.30. The van der Waals surface area contributed by atoms with Gasteiger partial charge in [-0.1, -0.05) is 3.57 Å². The van der Waals surface area contributed by atoms with Crippen molar-refractivity contribution in [2.75, 3.05) is 13.2 Å². The lowest BCUT2D eigenvalue weighted by Crippen LogP contribution is -2.14. The van der Waals surface area contributed by atoms with Crippen LogP contribution in [0.1, 0.15) is 13.8 Å². The van der Waals surface area contributed by atoms with E-state index in [-0.39, 0.29) is 0 Å². The van der Waals surface area contributed by atoms with Gasteiger partial charge in [-0.15, -0.1) is 48.8 Å². The van der Waals surface area contributed by atoms with Gasteiger partial charge in [0.25, 0.3) is 0 Å². The van der Waals surface area contributed by atoms with E-state index in [1.54, 1.807) is 0 Å². The monoisotopic (exact) mass is 453 g/mol. The fourth-order valence-electron chi connectivity index (χ4n) is 1.19. The molecule has 0 amide bonds. The van der Waals surface area contributed by atoms with Gasteiger partial charge in [-0.05, 0) is 19.2 Å². The molecule has 0 radical (unpaired) electrons. The quantitative estimate of drug-likeness (QED) is 0.389. The van der Waals surface area contributed by atoms with E-state index in [0.717, 1.165) is 7.14 Å². The summed E-state index contributed by atoms with van der Waals surface area (Å²) in [5, 5.41) is 0.701. The van der Waals surface area contributed by atoms with Crippen molar-refractivity contribution >= 4 is 58.1 Å². The molecule has 0 heterocycles. The molecular weight excluding hydrogens is 441 g/mol. The summed E-state index contributed by atoms with van der Waals surface area (Å²) in [5.74, 6) is 0. The van der Waals surface area contributed by atoms with Crippen LogP contribution >= 0.6 is 52.8 Å². The van der Waals surface area contributed by atoms with Crippen molar-refractivity contribution in [3.8, 4) is 0 Å². The van der Waals surface area contributed by atoms with Crippen molar-refractivity contribution in [1.82, 2.24) is 0 Å². The summed E-state index contributed by atoms with van der Waals surface area (Å²) in [4.78, 5) is 0. The van der Waals surface area contributed by atoms with Crippen molar-refractivity contribution in [2.45, 2.75) is 13.8 Å². The second kappa shape index (κ2) is 6.05. The molecule has 1 rings (SSSR count). The maximum atomic E-state index is 12.5. The number of hydrogen-bond acceptors (Lipinski definition) is 3. The molecule has 0 aromatic heterocycles. The Morgan fingerprint density at radius 2 is 1.93 bits per heavy atom. The van der Waals surface area contributed by atoms with Crippen molar-refractivity contribution in [3.05, 3.63) is 19.3 Å². The highest BCUT2D eigenvalue weighted by Gasteiger charge is 2.26. The molecule has 86 valence electrons. The minimum absolute atomic E-state index is 0.384. The van der Waals surface area contributed by atoms with Crippen LogP contribution in [0, 0.1) is 7.14 Å². The molecule has 0 aliphatic heterocycles. The highest BCUT2D eigenvalue weighted by Crippen LogP contribution is 2.49. The molecule has 6 heteroatoms. The van der Waals surface area contributed by atoms with Crippen LogP contribution in [0.5, 0.6) is 0 Å². The van der Waals surface area contributed by atoms with Crippen LogP contribution in [0.15, 0.2) is 12.1 Å². The number of hydrogen-bond donors (Lipinski definition) is 0. The lowest BCUT2D eigenvalue weighted by Gasteiger charge is -2.21. The van der Waals surface area contributed by atoms with E-state index in [9.17, 15) is 4.57 Å². The molecule has 1 aromatic rings. The number of rotatable bonds is 5. The second-order valence-electron chi connectivity index (χ2n) is 2.71. The van der Waals surface area contributed by atoms with Gasteiger partial charge in [0.05, 0.1) is 13.2 Å². The Kier molecular flexibility index (Phi) is 5.65. The first-order valence-corrected chi connectivity index (χ1v) is 8.25. The molecule has 15 heavy (non-hydrogen) atoms. The summed E-state index contributed by atoms with van der Waals surface area (Å²) < 4.78 is 24.9. The summed E-state index contributed by atoms with van der Waals surface area (Å²) in [6, 6.07) is 3.84. The average Bonchev–Trinajstić information content (AvgIpc) is 2.47. The smallest absolute Gasteiger partial charge is 0.307 e. The Labute approximate surface area is 117 Å². The second-order valence-corrected chi connectivity index (χ2v) is 6.99. The van der Waals surface area contributed by atoms with E-state index < -0.39 is 7.60 Å². The van der Waals surface area contributed by atoms with Gasteiger partial charge in [-0.2, -0.15) is 12.1 Å². The topological polar surface area (TPSA) is 35.5 Å². The molecule has 0 aliphatic carbocycles. The Bertz CT molecular complexity index is 346. The SMILES string of the molecule is CCOP(=O)(OCC)c1c(I)cc[c-]1I. The minimum atomic E-state index is -3.11. The lowest BCUT2D eigenvalue weighted by molar-refractivity contribution is 0.229. The molecule has 0 atom stereocenters. The van der Waals surface area contributed by atoms with Gasteiger partial charge in [-0.3, -0.25) is 4.57 Å². The van der Waals surface area contributed by atoms with E-state index in [4.69, 9.17) is 9.05 Å². The fraction of sp³-hybridized carbons (Fsp3) is 0.444. The van der Waals surface area contributed by atoms with Crippen LogP contribution in [0.4, 0.5) is 0 Å². The lowest BCUT2D eigenvalue weighted by atomic mass is 10.7. The zero-order valence-corrected chi connectivity index (χ0v) is 13.7. The Morgan fingerprint density at radius 1 is 1.40 bits per heavy atom. The Morgan fingerprint density at radius 3 is 2.27 bits per heavy atom. The van der Waals surface area contributed by atoms with E-state index in [2.05, 4.69) is 45.2 Å². The van der Waals surface area contributed by atoms with Crippen LogP contribution < -0.4 is 5.30 Å². The van der Waals surface area contributed by atoms with E-state index in [1.807, 2.05) is 26.0 Å². The van der Waals surface area contributed by atoms with Crippen molar-refractivity contribution < 1.29 is 13.6 Å². The van der Waals surface area contributed by atoms with Crippen LogP contribution in [0.25, 0.3) is 0 Å². The standard InChI is InChI=1S/C9H12I2O3P/c1-3-13-15(12,14-4-2)9-7(10)5-6-8(9)11/h5-6H,3-4H2,1-2H3/q-1. The molecule has 0 saturated carbocycles. The largest absolute Gasteiger partial charge is 0.338 e. The third kappa shape index (κ3) is 3.21. The predicted molar refractivity (Wildman–Crippen MR) is 78.0 cm³/mol. The van der Waals surface area contributed by atoms with Gasteiger partial charge in [0.2, 0.25) is 0 Å². The van der Waals surface area contributed by atoms with Gasteiger partial charge in [-0.25, -0.2) is 0 Å². The molecule has 0 saturated heterocycles. The van der Waals surface area contributed by atoms with E-state index in [0.29, 0.717) is 18.5 Å². The van der Waals surface area contributed by atoms with Crippen LogP contribution in [0.3, 0.4) is 0 Å². The summed E-state index contributed by atoms with van der Waals surface area (Å²) in [6.45, 7) is 4.39. The highest BCUT2D eigenvalue weighted by atomic mass is 127. The molecule has 0 unspecified atom stereocenters. The van der Waals surface area contributed by atoms with Crippen LogP contribution in [0.2, 0.25) is 0 Å². The zero-order chi connectivity index (χ0) is 11.5. The van der Waals surface area contributed by atoms with E-state index >= 15 is 0 Å². The minimum Gasteiger partial charge on any atom is -0.307 e. The van der Waals surface area contributed by atoms with Crippen molar-refractivity contribution in [1.29, 1.82) is 0 Å². The number of halogens is 2. The summed E-state index contributed by atoms with van der Waals surface area (Å²) in [6.07, 6.45) is 0. The fourth-order valence-corrected chi connectivity index (χ4v) is 6.10. The molecule has 0 fully saturated rings. The molecule has 0 N–H and O–H groups in total. The van der Waals surface area contributed by atoms with Crippen molar-refractivity contribution in [2.24, 2.45) is 0 Å². The maximum absolute atomic E-state index is 12.5. The third-order valence-electron chi connectivity index (χ3n) is 1.70. The summed E-state index contributed by atoms with van der Waals surface area (Å²) in [7, 11) is -3.11. The van der Waals surface area contributed by atoms with Crippen LogP contribution in [-0.2, 0) is 13.6 Å². The average molecular weight is 453 g/mol. The van der Waals surface area contributed by atoms with Crippen LogP contribution in [-0.4, -0.2) is 13.2 Å². The van der Waals surface area contributed by atoms with Gasteiger partial charge in [0, 0.05) is 0 Å². The van der Waals surface area contributed by atoms with Gasteiger partial charge < -0.3 is 9.05 Å². The zero-order valence-electron chi connectivity index (χ0n) is 8.50. The van der Waals surface area contributed by atoms with Gasteiger partial charge in [0.1, 0.15) is 0 Å². The molecule has 3 nitrogen and oxygen atoms in total. The van der Waals surface area contributed by atoms with E-state index in [1.165, 1.54) is 0 Å². The maximum Gasteiger partial charge on any atom is 0.338 e. The van der Waals surface area contributed by atoms with Gasteiger partial charge in [0.15, 0.2) is 0 Å². The Hall–Kier alpha value is 0.960. The molecule has 0 spiro atoms. The predicted octanol–water partition coefficient (Wildman–Crippen LogP) is 3.51. The molecular formula is C9H12I2O3P-.